The molecule has 132 valence electrons. The van der Waals surface area contributed by atoms with Crippen molar-refractivity contribution < 1.29 is 9.52 Å². The minimum absolute atomic E-state index is 0.139. The van der Waals surface area contributed by atoms with E-state index in [2.05, 4.69) is 39.2 Å². The number of hydrogen-bond acceptors (Lipinski definition) is 6. The van der Waals surface area contributed by atoms with Crippen LogP contribution in [0.3, 0.4) is 0 Å². The molecular weight excluding hydrogens is 348 g/mol. The molecule has 0 radical (unpaired) electrons. The Bertz CT molecular complexity index is 1080. The Hall–Kier alpha value is -2.64. The highest BCUT2D eigenvalue weighted by Gasteiger charge is 2.33. The van der Waals surface area contributed by atoms with Gasteiger partial charge in [0.15, 0.2) is 0 Å². The molecule has 0 spiro atoms. The molecule has 6 nitrogen and oxygen atoms in total. The van der Waals surface area contributed by atoms with Gasteiger partial charge in [0.25, 0.3) is 0 Å². The number of benzene rings is 1. The fourth-order valence-electron chi connectivity index (χ4n) is 3.69. The number of hydrogen-bond donors (Lipinski definition) is 1. The van der Waals surface area contributed by atoms with Gasteiger partial charge in [-0.1, -0.05) is 35.6 Å². The maximum absolute atomic E-state index is 10.7. The summed E-state index contributed by atoms with van der Waals surface area (Å²) in [5.41, 5.74) is 2.72. The lowest BCUT2D eigenvalue weighted by Crippen LogP contribution is -2.34. The predicted molar refractivity (Wildman–Crippen MR) is 98.4 cm³/mol. The zero-order valence-corrected chi connectivity index (χ0v) is 15.1. The summed E-state index contributed by atoms with van der Waals surface area (Å²) in [7, 11) is 0. The van der Waals surface area contributed by atoms with Crippen molar-refractivity contribution in [1.82, 2.24) is 19.5 Å². The molecule has 1 N–H and O–H groups in total. The molecule has 4 aromatic rings. The van der Waals surface area contributed by atoms with Crippen LogP contribution in [-0.2, 0) is 13.0 Å². The molecule has 0 bridgehead atoms. The van der Waals surface area contributed by atoms with Crippen molar-refractivity contribution in [1.29, 1.82) is 0 Å². The zero-order valence-electron chi connectivity index (χ0n) is 14.3. The van der Waals surface area contributed by atoms with E-state index in [9.17, 15) is 5.11 Å². The molecule has 1 atom stereocenters. The van der Waals surface area contributed by atoms with Crippen LogP contribution in [0, 0.1) is 6.92 Å². The number of aryl methyl sites for hydroxylation is 1. The Kier molecular flexibility index (Phi) is 3.58. The minimum Gasteiger partial charge on any atom is -0.492 e. The standard InChI is InChI=1S/C19H18N4O2S/c1-12-6-7-15(25-12)16(17-18(24)23-19(26-17)20-11-21-23)22-9-8-13-4-2-3-5-14(13)10-22/h2-7,11,16,24H,8-10H2,1H3. The first-order valence-corrected chi connectivity index (χ1v) is 9.41. The Morgan fingerprint density at radius 2 is 2.04 bits per heavy atom. The number of thiazole rings is 1. The lowest BCUT2D eigenvalue weighted by Gasteiger charge is -2.34. The van der Waals surface area contributed by atoms with Crippen LogP contribution >= 0.6 is 11.3 Å². The van der Waals surface area contributed by atoms with Crippen LogP contribution in [0.15, 0.2) is 47.1 Å². The summed E-state index contributed by atoms with van der Waals surface area (Å²) < 4.78 is 7.46. The molecule has 1 aliphatic rings. The van der Waals surface area contributed by atoms with Gasteiger partial charge in [0.2, 0.25) is 10.8 Å². The third kappa shape index (κ3) is 2.43. The van der Waals surface area contributed by atoms with Crippen molar-refractivity contribution in [3.63, 3.8) is 0 Å². The van der Waals surface area contributed by atoms with Crippen molar-refractivity contribution in [3.8, 4) is 5.88 Å². The van der Waals surface area contributed by atoms with Gasteiger partial charge in [-0.25, -0.2) is 4.98 Å². The average molecular weight is 366 g/mol. The molecule has 0 amide bonds. The average Bonchev–Trinajstić information content (AvgIpc) is 3.35. The first-order chi connectivity index (χ1) is 12.7. The Morgan fingerprint density at radius 1 is 1.19 bits per heavy atom. The van der Waals surface area contributed by atoms with E-state index in [-0.39, 0.29) is 11.9 Å². The normalized spacial score (nSPS) is 16.0. The molecule has 1 aliphatic heterocycles. The van der Waals surface area contributed by atoms with Crippen LogP contribution in [0.25, 0.3) is 4.96 Å². The van der Waals surface area contributed by atoms with Crippen molar-refractivity contribution in [2.45, 2.75) is 25.9 Å². The highest BCUT2D eigenvalue weighted by molar-refractivity contribution is 7.17. The molecule has 1 unspecified atom stereocenters. The molecule has 4 heterocycles. The van der Waals surface area contributed by atoms with Crippen LogP contribution in [0.4, 0.5) is 0 Å². The van der Waals surface area contributed by atoms with Gasteiger partial charge in [-0.15, -0.1) is 0 Å². The van der Waals surface area contributed by atoms with Crippen LogP contribution in [0.5, 0.6) is 5.88 Å². The molecule has 26 heavy (non-hydrogen) atoms. The third-order valence-corrected chi connectivity index (χ3v) is 6.03. The summed E-state index contributed by atoms with van der Waals surface area (Å²) in [5.74, 6) is 1.84. The fourth-order valence-corrected chi connectivity index (χ4v) is 4.76. The maximum Gasteiger partial charge on any atom is 0.230 e. The predicted octanol–water partition coefficient (Wildman–Crippen LogP) is 3.55. The highest BCUT2D eigenvalue weighted by atomic mass is 32.1. The Labute approximate surface area is 154 Å². The second-order valence-corrected chi connectivity index (χ2v) is 7.59. The summed E-state index contributed by atoms with van der Waals surface area (Å²) in [4.78, 5) is 8.07. The fraction of sp³-hybridized carbons (Fsp3) is 0.263. The number of aromatic nitrogens is 3. The van der Waals surface area contributed by atoms with Crippen LogP contribution in [-0.4, -0.2) is 31.1 Å². The minimum atomic E-state index is -0.162. The van der Waals surface area contributed by atoms with E-state index in [0.717, 1.165) is 35.9 Å². The summed E-state index contributed by atoms with van der Waals surface area (Å²) in [6.07, 6.45) is 2.44. The summed E-state index contributed by atoms with van der Waals surface area (Å²) in [6, 6.07) is 12.3. The molecule has 7 heteroatoms. The number of nitrogens with zero attached hydrogens (tertiary/aromatic N) is 4. The summed E-state index contributed by atoms with van der Waals surface area (Å²) >= 11 is 1.46. The third-order valence-electron chi connectivity index (χ3n) is 4.94. The highest BCUT2D eigenvalue weighted by Crippen LogP contribution is 2.41. The van der Waals surface area contributed by atoms with Crippen LogP contribution in [0.1, 0.15) is 33.6 Å². The molecule has 3 aromatic heterocycles. The van der Waals surface area contributed by atoms with Crippen molar-refractivity contribution in [3.05, 3.63) is 70.3 Å². The molecular formula is C19H18N4O2S. The van der Waals surface area contributed by atoms with E-state index in [4.69, 9.17) is 4.42 Å². The van der Waals surface area contributed by atoms with Crippen molar-refractivity contribution in [2.75, 3.05) is 6.54 Å². The number of rotatable bonds is 3. The maximum atomic E-state index is 10.7. The van der Waals surface area contributed by atoms with E-state index in [0.29, 0.717) is 4.96 Å². The van der Waals surface area contributed by atoms with Gasteiger partial charge in [0, 0.05) is 13.1 Å². The Balaban J connectivity index is 1.61. The van der Waals surface area contributed by atoms with Crippen LogP contribution in [0.2, 0.25) is 0 Å². The topological polar surface area (TPSA) is 66.8 Å². The number of aromatic hydroxyl groups is 1. The number of fused-ring (bicyclic) bond motifs is 2. The van der Waals surface area contributed by atoms with Gasteiger partial charge in [0.1, 0.15) is 23.9 Å². The number of furan rings is 1. The van der Waals surface area contributed by atoms with Crippen LogP contribution < -0.4 is 0 Å². The molecule has 0 saturated heterocycles. The van der Waals surface area contributed by atoms with E-state index in [1.807, 2.05) is 19.1 Å². The van der Waals surface area contributed by atoms with Gasteiger partial charge < -0.3 is 9.52 Å². The first-order valence-electron chi connectivity index (χ1n) is 8.59. The summed E-state index contributed by atoms with van der Waals surface area (Å²) in [5, 5.41) is 14.9. The second-order valence-electron chi connectivity index (χ2n) is 6.58. The molecule has 0 aliphatic carbocycles. The van der Waals surface area contributed by atoms with Gasteiger partial charge in [-0.3, -0.25) is 4.90 Å². The largest absolute Gasteiger partial charge is 0.492 e. The zero-order chi connectivity index (χ0) is 17.7. The van der Waals surface area contributed by atoms with Gasteiger partial charge in [-0.2, -0.15) is 9.61 Å². The van der Waals surface area contributed by atoms with Crippen molar-refractivity contribution in [2.24, 2.45) is 0 Å². The second kappa shape index (κ2) is 5.96. The van der Waals surface area contributed by atoms with E-state index in [1.165, 1.54) is 33.3 Å². The lowest BCUT2D eigenvalue weighted by atomic mass is 9.97. The smallest absolute Gasteiger partial charge is 0.230 e. The van der Waals surface area contributed by atoms with Gasteiger partial charge >= 0.3 is 0 Å². The van der Waals surface area contributed by atoms with Gasteiger partial charge in [0.05, 0.1) is 4.88 Å². The SMILES string of the molecule is Cc1ccc(C(c2sc3ncnn3c2O)N2CCc3ccccc3C2)o1. The van der Waals surface area contributed by atoms with Crippen molar-refractivity contribution >= 4 is 16.3 Å². The summed E-state index contributed by atoms with van der Waals surface area (Å²) in [6.45, 7) is 3.65. The van der Waals surface area contributed by atoms with E-state index < -0.39 is 0 Å². The molecule has 1 aromatic carbocycles. The first kappa shape index (κ1) is 15.6. The molecule has 0 saturated carbocycles. The van der Waals surface area contributed by atoms with E-state index in [1.54, 1.807) is 0 Å². The lowest BCUT2D eigenvalue weighted by molar-refractivity contribution is 0.184. The molecule has 0 fully saturated rings. The van der Waals surface area contributed by atoms with E-state index >= 15 is 0 Å². The quantitative estimate of drug-likeness (QED) is 0.601. The Morgan fingerprint density at radius 3 is 2.81 bits per heavy atom. The molecule has 5 rings (SSSR count). The van der Waals surface area contributed by atoms with Gasteiger partial charge in [-0.05, 0) is 36.6 Å². The monoisotopic (exact) mass is 366 g/mol.